The number of hydrogen-bond acceptors (Lipinski definition) is 3. The SMILES string of the molecule is COC1(CNC(=O)c2ccccc2S)CCC1. The maximum atomic E-state index is 12.0. The van der Waals surface area contributed by atoms with Crippen LogP contribution >= 0.6 is 12.6 Å². The van der Waals surface area contributed by atoms with E-state index < -0.39 is 0 Å². The van der Waals surface area contributed by atoms with Crippen molar-refractivity contribution >= 4 is 18.5 Å². The van der Waals surface area contributed by atoms with Crippen LogP contribution in [0.15, 0.2) is 29.2 Å². The smallest absolute Gasteiger partial charge is 0.252 e. The van der Waals surface area contributed by atoms with E-state index in [0.29, 0.717) is 17.0 Å². The van der Waals surface area contributed by atoms with E-state index in [1.807, 2.05) is 18.2 Å². The fourth-order valence-electron chi connectivity index (χ4n) is 2.03. The van der Waals surface area contributed by atoms with Crippen LogP contribution in [0.4, 0.5) is 0 Å². The predicted octanol–water partition coefficient (Wildman–Crippen LogP) is 2.27. The molecule has 0 aliphatic heterocycles. The highest BCUT2D eigenvalue weighted by molar-refractivity contribution is 7.80. The van der Waals surface area contributed by atoms with Crippen molar-refractivity contribution in [3.63, 3.8) is 0 Å². The van der Waals surface area contributed by atoms with Crippen LogP contribution in [-0.2, 0) is 4.74 Å². The van der Waals surface area contributed by atoms with Crippen molar-refractivity contribution in [1.82, 2.24) is 5.32 Å². The highest BCUT2D eigenvalue weighted by Gasteiger charge is 2.37. The summed E-state index contributed by atoms with van der Waals surface area (Å²) < 4.78 is 5.46. The van der Waals surface area contributed by atoms with E-state index in [4.69, 9.17) is 4.74 Å². The summed E-state index contributed by atoms with van der Waals surface area (Å²) in [7, 11) is 1.71. The van der Waals surface area contributed by atoms with Crippen molar-refractivity contribution in [3.05, 3.63) is 29.8 Å². The average molecular weight is 251 g/mol. The third kappa shape index (κ3) is 2.64. The molecule has 0 atom stereocenters. The minimum atomic E-state index is -0.138. The monoisotopic (exact) mass is 251 g/mol. The summed E-state index contributed by atoms with van der Waals surface area (Å²) in [5.41, 5.74) is 0.475. The summed E-state index contributed by atoms with van der Waals surface area (Å²) in [6, 6.07) is 7.29. The molecule has 1 amide bonds. The number of benzene rings is 1. The van der Waals surface area contributed by atoms with Gasteiger partial charge in [-0.05, 0) is 31.4 Å². The zero-order valence-corrected chi connectivity index (χ0v) is 10.8. The van der Waals surface area contributed by atoms with Gasteiger partial charge in [0, 0.05) is 18.6 Å². The number of rotatable bonds is 4. The Morgan fingerprint density at radius 2 is 2.18 bits per heavy atom. The number of carbonyl (C=O) groups excluding carboxylic acids is 1. The topological polar surface area (TPSA) is 38.3 Å². The Morgan fingerprint density at radius 1 is 1.47 bits per heavy atom. The van der Waals surface area contributed by atoms with Crippen LogP contribution in [0.3, 0.4) is 0 Å². The largest absolute Gasteiger partial charge is 0.376 e. The minimum absolute atomic E-state index is 0.0843. The first-order valence-corrected chi connectivity index (χ1v) is 6.23. The van der Waals surface area contributed by atoms with Crippen molar-refractivity contribution in [2.24, 2.45) is 0 Å². The molecule has 0 aromatic heterocycles. The first-order valence-electron chi connectivity index (χ1n) is 5.78. The normalized spacial score (nSPS) is 17.3. The number of nitrogens with one attached hydrogen (secondary N) is 1. The lowest BCUT2D eigenvalue weighted by Crippen LogP contribution is -2.49. The van der Waals surface area contributed by atoms with E-state index >= 15 is 0 Å². The number of carbonyl (C=O) groups is 1. The quantitative estimate of drug-likeness (QED) is 0.806. The lowest BCUT2D eigenvalue weighted by atomic mass is 9.80. The molecule has 92 valence electrons. The summed E-state index contributed by atoms with van der Waals surface area (Å²) >= 11 is 4.27. The molecule has 2 rings (SSSR count). The molecule has 0 spiro atoms. The van der Waals surface area contributed by atoms with Gasteiger partial charge in [0.1, 0.15) is 0 Å². The van der Waals surface area contributed by atoms with Crippen LogP contribution in [0.5, 0.6) is 0 Å². The molecular weight excluding hydrogens is 234 g/mol. The van der Waals surface area contributed by atoms with Crippen LogP contribution in [0.2, 0.25) is 0 Å². The highest BCUT2D eigenvalue weighted by Crippen LogP contribution is 2.34. The number of hydrogen-bond donors (Lipinski definition) is 2. The van der Waals surface area contributed by atoms with E-state index in [-0.39, 0.29) is 11.5 Å². The summed E-state index contributed by atoms with van der Waals surface area (Å²) in [6.45, 7) is 0.574. The van der Waals surface area contributed by atoms with Gasteiger partial charge in [-0.15, -0.1) is 12.6 Å². The van der Waals surface area contributed by atoms with Crippen LogP contribution in [-0.4, -0.2) is 25.2 Å². The Kier molecular flexibility index (Phi) is 3.74. The van der Waals surface area contributed by atoms with Gasteiger partial charge in [0.2, 0.25) is 0 Å². The van der Waals surface area contributed by atoms with E-state index in [1.165, 1.54) is 6.42 Å². The Morgan fingerprint density at radius 3 is 2.71 bits per heavy atom. The van der Waals surface area contributed by atoms with Gasteiger partial charge < -0.3 is 10.1 Å². The third-order valence-electron chi connectivity index (χ3n) is 3.42. The number of thiol groups is 1. The molecule has 0 unspecified atom stereocenters. The molecular formula is C13H17NO2S. The molecule has 1 aliphatic rings. The van der Waals surface area contributed by atoms with Gasteiger partial charge in [-0.2, -0.15) is 0 Å². The number of amides is 1. The first kappa shape index (κ1) is 12.5. The Hall–Kier alpha value is -1.00. The lowest BCUT2D eigenvalue weighted by Gasteiger charge is -2.40. The summed E-state index contributed by atoms with van der Waals surface area (Å²) in [6.07, 6.45) is 3.21. The lowest BCUT2D eigenvalue weighted by molar-refractivity contribution is -0.0679. The van der Waals surface area contributed by atoms with Crippen molar-refractivity contribution in [3.8, 4) is 0 Å². The summed E-state index contributed by atoms with van der Waals surface area (Å²) in [5.74, 6) is -0.0843. The maximum Gasteiger partial charge on any atom is 0.252 e. The van der Waals surface area contributed by atoms with Gasteiger partial charge in [0.05, 0.1) is 11.2 Å². The number of ether oxygens (including phenoxy) is 1. The van der Waals surface area contributed by atoms with Gasteiger partial charge in [-0.3, -0.25) is 4.79 Å². The van der Waals surface area contributed by atoms with Crippen LogP contribution in [0.25, 0.3) is 0 Å². The van der Waals surface area contributed by atoms with Gasteiger partial charge >= 0.3 is 0 Å². The minimum Gasteiger partial charge on any atom is -0.376 e. The molecule has 0 bridgehead atoms. The molecule has 1 aliphatic carbocycles. The zero-order valence-electron chi connectivity index (χ0n) is 9.90. The molecule has 4 heteroatoms. The van der Waals surface area contributed by atoms with Gasteiger partial charge in [0.25, 0.3) is 5.91 Å². The Bertz CT molecular complexity index is 410. The molecule has 0 saturated heterocycles. The third-order valence-corrected chi connectivity index (χ3v) is 3.81. The fraction of sp³-hybridized carbons (Fsp3) is 0.462. The Balaban J connectivity index is 1.96. The maximum absolute atomic E-state index is 12.0. The zero-order chi connectivity index (χ0) is 12.3. The molecule has 1 aromatic rings. The van der Waals surface area contributed by atoms with E-state index in [2.05, 4.69) is 17.9 Å². The van der Waals surface area contributed by atoms with Gasteiger partial charge in [0.15, 0.2) is 0 Å². The van der Waals surface area contributed by atoms with Crippen molar-refractivity contribution < 1.29 is 9.53 Å². The van der Waals surface area contributed by atoms with Gasteiger partial charge in [-0.1, -0.05) is 12.1 Å². The van der Waals surface area contributed by atoms with Crippen molar-refractivity contribution in [1.29, 1.82) is 0 Å². The molecule has 17 heavy (non-hydrogen) atoms. The molecule has 0 radical (unpaired) electrons. The molecule has 1 aromatic carbocycles. The second kappa shape index (κ2) is 5.10. The van der Waals surface area contributed by atoms with E-state index in [1.54, 1.807) is 13.2 Å². The number of methoxy groups -OCH3 is 1. The van der Waals surface area contributed by atoms with Gasteiger partial charge in [-0.25, -0.2) is 0 Å². The second-order valence-electron chi connectivity index (χ2n) is 4.44. The second-order valence-corrected chi connectivity index (χ2v) is 4.92. The predicted molar refractivity (Wildman–Crippen MR) is 69.6 cm³/mol. The standard InChI is InChI=1S/C13H17NO2S/c1-16-13(7-4-8-13)9-14-12(15)10-5-2-3-6-11(10)17/h2-3,5-6,17H,4,7-9H2,1H3,(H,14,15). The first-order chi connectivity index (χ1) is 8.17. The van der Waals surface area contributed by atoms with Crippen LogP contribution in [0.1, 0.15) is 29.6 Å². The van der Waals surface area contributed by atoms with E-state index in [0.717, 1.165) is 12.8 Å². The van der Waals surface area contributed by atoms with Crippen LogP contribution in [0, 0.1) is 0 Å². The molecule has 1 fully saturated rings. The van der Waals surface area contributed by atoms with Crippen LogP contribution < -0.4 is 5.32 Å². The average Bonchev–Trinajstić information content (AvgIpc) is 2.28. The molecule has 1 N–H and O–H groups in total. The molecule has 3 nitrogen and oxygen atoms in total. The Labute approximate surface area is 107 Å². The molecule has 0 heterocycles. The fourth-order valence-corrected chi connectivity index (χ4v) is 2.29. The highest BCUT2D eigenvalue weighted by atomic mass is 32.1. The van der Waals surface area contributed by atoms with E-state index in [9.17, 15) is 4.79 Å². The summed E-state index contributed by atoms with van der Waals surface area (Å²) in [4.78, 5) is 12.7. The van der Waals surface area contributed by atoms with Crippen molar-refractivity contribution in [2.45, 2.75) is 29.8 Å². The molecule has 1 saturated carbocycles. The summed E-state index contributed by atoms with van der Waals surface area (Å²) in [5, 5.41) is 2.92. The van der Waals surface area contributed by atoms with Crippen molar-refractivity contribution in [2.75, 3.05) is 13.7 Å².